The van der Waals surface area contributed by atoms with E-state index < -0.39 is 24.3 Å². The molecule has 40 heavy (non-hydrogen) atoms. The fraction of sp³-hybridized carbons (Fsp3) is 0.458. The van der Waals surface area contributed by atoms with Gasteiger partial charge in [0.15, 0.2) is 0 Å². The number of aliphatic carboxylic acids is 2. The lowest BCUT2D eigenvalue weighted by atomic mass is 9.89. The number of carbonyl (C=O) groups excluding carboxylic acids is 1. The lowest BCUT2D eigenvalue weighted by Gasteiger charge is -2.47. The van der Waals surface area contributed by atoms with Gasteiger partial charge in [0.1, 0.15) is 6.61 Å². The van der Waals surface area contributed by atoms with Crippen LogP contribution in [0.5, 0.6) is 0 Å². The minimum Gasteiger partial charge on any atom is -0.475 e. The monoisotopic (exact) mass is 580 g/mol. The first-order chi connectivity index (χ1) is 18.6. The molecule has 0 aromatic carbocycles. The third-order valence-electron chi connectivity index (χ3n) is 5.79. The largest absolute Gasteiger partial charge is 0.490 e. The van der Waals surface area contributed by atoms with E-state index in [1.807, 2.05) is 35.4 Å². The summed E-state index contributed by atoms with van der Waals surface area (Å²) in [4.78, 5) is 43.0. The van der Waals surface area contributed by atoms with Crippen LogP contribution in [0.2, 0.25) is 0 Å². The van der Waals surface area contributed by atoms with Crippen molar-refractivity contribution < 1.29 is 55.7 Å². The number of morpholine rings is 1. The van der Waals surface area contributed by atoms with Crippen molar-refractivity contribution in [2.45, 2.75) is 43.9 Å². The summed E-state index contributed by atoms with van der Waals surface area (Å²) >= 11 is 0. The van der Waals surface area contributed by atoms with Crippen LogP contribution in [-0.4, -0.2) is 92.0 Å². The van der Waals surface area contributed by atoms with Crippen LogP contribution in [0.1, 0.15) is 24.1 Å². The summed E-state index contributed by atoms with van der Waals surface area (Å²) in [6.07, 6.45) is -2.78. The maximum atomic E-state index is 12.3. The molecule has 2 aromatic heterocycles. The molecule has 1 spiro atoms. The van der Waals surface area contributed by atoms with Crippen molar-refractivity contribution >= 4 is 17.8 Å². The van der Waals surface area contributed by atoms with Crippen molar-refractivity contribution in [3.63, 3.8) is 0 Å². The number of aromatic nitrogens is 2. The number of halogens is 6. The van der Waals surface area contributed by atoms with E-state index in [1.54, 1.807) is 12.4 Å². The van der Waals surface area contributed by atoms with Gasteiger partial charge in [-0.3, -0.25) is 19.7 Å². The number of carboxylic acid groups (broad SMARTS) is 2. The van der Waals surface area contributed by atoms with Crippen molar-refractivity contribution in [3.8, 4) is 0 Å². The third-order valence-corrected chi connectivity index (χ3v) is 5.79. The smallest absolute Gasteiger partial charge is 0.475 e. The second kappa shape index (κ2) is 14.0. The number of rotatable bonds is 4. The molecule has 0 atom stereocenters. The molecular formula is C24H26F6N4O6. The summed E-state index contributed by atoms with van der Waals surface area (Å²) in [7, 11) is 0. The number of hydrogen-bond acceptors (Lipinski definition) is 7. The number of carboxylic acids is 2. The molecule has 220 valence electrons. The average molecular weight is 580 g/mol. The second-order valence-corrected chi connectivity index (χ2v) is 8.79. The van der Waals surface area contributed by atoms with Crippen LogP contribution in [0.15, 0.2) is 48.9 Å². The molecule has 2 N–H and O–H groups in total. The summed E-state index contributed by atoms with van der Waals surface area (Å²) < 4.78 is 69.5. The van der Waals surface area contributed by atoms with Gasteiger partial charge in [-0.2, -0.15) is 26.3 Å². The molecule has 2 fully saturated rings. The average Bonchev–Trinajstić information content (AvgIpc) is 2.89. The highest BCUT2D eigenvalue weighted by atomic mass is 19.4. The summed E-state index contributed by atoms with van der Waals surface area (Å²) in [5.41, 5.74) is 1.94. The number of carbonyl (C=O) groups is 3. The molecule has 10 nitrogen and oxygen atoms in total. The molecule has 0 radical (unpaired) electrons. The van der Waals surface area contributed by atoms with E-state index in [4.69, 9.17) is 24.5 Å². The Labute approximate surface area is 224 Å². The number of nitrogens with zero attached hydrogens (tertiary/aromatic N) is 4. The van der Waals surface area contributed by atoms with Gasteiger partial charge in [0.25, 0.3) is 0 Å². The van der Waals surface area contributed by atoms with Gasteiger partial charge in [-0.05, 0) is 36.6 Å². The summed E-state index contributed by atoms with van der Waals surface area (Å²) in [6.45, 7) is 4.25. The zero-order valence-corrected chi connectivity index (χ0v) is 20.9. The van der Waals surface area contributed by atoms with Gasteiger partial charge < -0.3 is 19.8 Å². The lowest BCUT2D eigenvalue weighted by Crippen LogP contribution is -2.58. The number of hydrogen-bond donors (Lipinski definition) is 2. The molecule has 4 rings (SSSR count). The van der Waals surface area contributed by atoms with Crippen LogP contribution in [0.3, 0.4) is 0 Å². The van der Waals surface area contributed by atoms with Crippen molar-refractivity contribution in [3.05, 3.63) is 60.2 Å². The molecule has 16 heteroatoms. The van der Waals surface area contributed by atoms with Crippen molar-refractivity contribution in [1.29, 1.82) is 0 Å². The van der Waals surface area contributed by atoms with E-state index >= 15 is 0 Å². The minimum atomic E-state index is -5.08. The Kier molecular flexibility index (Phi) is 11.4. The predicted molar refractivity (Wildman–Crippen MR) is 124 cm³/mol. The summed E-state index contributed by atoms with van der Waals surface area (Å²) in [5.74, 6) is -5.46. The van der Waals surface area contributed by atoms with Crippen LogP contribution in [0.25, 0.3) is 0 Å². The van der Waals surface area contributed by atoms with Crippen LogP contribution < -0.4 is 0 Å². The maximum absolute atomic E-state index is 12.3. The second-order valence-electron chi connectivity index (χ2n) is 8.79. The number of alkyl halides is 6. The Morgan fingerprint density at radius 1 is 0.925 bits per heavy atom. The van der Waals surface area contributed by atoms with Gasteiger partial charge >= 0.3 is 24.3 Å². The maximum Gasteiger partial charge on any atom is 0.490 e. The third kappa shape index (κ3) is 10.8. The molecule has 0 aliphatic carbocycles. The van der Waals surface area contributed by atoms with Crippen LogP contribution in [-0.2, 0) is 32.2 Å². The first-order valence-electron chi connectivity index (χ1n) is 11.6. The Bertz CT molecular complexity index is 1090. The number of amides is 1. The summed E-state index contributed by atoms with van der Waals surface area (Å²) in [6, 6.07) is 9.91. The SMILES string of the molecule is O=C(O)C(F)(F)F.O=C(O)C(F)(F)F.O=C1COC2(CCN(Cc3cccnc3)CC2)CN1Cc1ccccn1. The van der Waals surface area contributed by atoms with Gasteiger partial charge in [0, 0.05) is 38.2 Å². The van der Waals surface area contributed by atoms with Gasteiger partial charge in [-0.15, -0.1) is 0 Å². The molecule has 0 unspecified atom stereocenters. The highest BCUT2D eigenvalue weighted by Gasteiger charge is 2.42. The number of pyridine rings is 2. The Morgan fingerprint density at radius 3 is 2.00 bits per heavy atom. The topological polar surface area (TPSA) is 133 Å². The molecule has 1 amide bonds. The van der Waals surface area contributed by atoms with Crippen molar-refractivity contribution in [2.24, 2.45) is 0 Å². The zero-order valence-electron chi connectivity index (χ0n) is 20.9. The molecule has 4 heterocycles. The number of likely N-dealkylation sites (tertiary alicyclic amines) is 1. The van der Waals surface area contributed by atoms with E-state index in [0.717, 1.165) is 38.2 Å². The molecule has 2 aliphatic rings. The van der Waals surface area contributed by atoms with Crippen LogP contribution >= 0.6 is 0 Å². The van der Waals surface area contributed by atoms with Crippen LogP contribution in [0.4, 0.5) is 26.3 Å². The summed E-state index contributed by atoms with van der Waals surface area (Å²) in [5, 5.41) is 14.2. The fourth-order valence-electron chi connectivity index (χ4n) is 3.79. The Hall–Kier alpha value is -3.79. The van der Waals surface area contributed by atoms with E-state index in [9.17, 15) is 31.1 Å². The standard InChI is InChI=1S/C20H24N4O2.2C2HF3O2/c25-19-15-26-20(16-24(19)14-18-5-1-2-9-22-18)6-10-23(11-7-20)13-17-4-3-8-21-12-17;2*3-2(4,5)1(6)7/h1-5,8-9,12H,6-7,10-11,13-16H2;2*(H,6,7). The Balaban J connectivity index is 0.000000333. The van der Waals surface area contributed by atoms with Gasteiger partial charge in [-0.1, -0.05) is 12.1 Å². The van der Waals surface area contributed by atoms with Gasteiger partial charge in [0.2, 0.25) is 5.91 Å². The molecule has 2 saturated heterocycles. The number of piperidine rings is 1. The zero-order chi connectivity index (χ0) is 30.0. The van der Waals surface area contributed by atoms with Gasteiger partial charge in [-0.25, -0.2) is 9.59 Å². The molecule has 0 bridgehead atoms. The fourth-order valence-corrected chi connectivity index (χ4v) is 3.79. The predicted octanol–water partition coefficient (Wildman–Crippen LogP) is 3.14. The molecule has 2 aliphatic heterocycles. The first-order valence-corrected chi connectivity index (χ1v) is 11.6. The van der Waals surface area contributed by atoms with E-state index in [0.29, 0.717) is 13.1 Å². The highest BCUT2D eigenvalue weighted by molar-refractivity contribution is 5.78. The normalized spacial score (nSPS) is 17.2. The van der Waals surface area contributed by atoms with E-state index in [2.05, 4.69) is 20.9 Å². The quantitative estimate of drug-likeness (QED) is 0.524. The molecule has 0 saturated carbocycles. The van der Waals surface area contributed by atoms with Crippen molar-refractivity contribution in [1.82, 2.24) is 19.8 Å². The first kappa shape index (κ1) is 32.4. The number of ether oxygens (including phenoxy) is 1. The van der Waals surface area contributed by atoms with E-state index in [-0.39, 0.29) is 18.1 Å². The lowest BCUT2D eigenvalue weighted by molar-refractivity contribution is -0.193. The highest BCUT2D eigenvalue weighted by Crippen LogP contribution is 2.31. The Morgan fingerprint density at radius 2 is 1.52 bits per heavy atom. The van der Waals surface area contributed by atoms with Gasteiger partial charge in [0.05, 0.1) is 24.4 Å². The van der Waals surface area contributed by atoms with E-state index in [1.165, 1.54) is 5.56 Å². The van der Waals surface area contributed by atoms with Crippen LogP contribution in [0, 0.1) is 0 Å². The minimum absolute atomic E-state index is 0.0547. The van der Waals surface area contributed by atoms with Crippen molar-refractivity contribution in [2.75, 3.05) is 26.2 Å². The molecular weight excluding hydrogens is 554 g/mol. The molecule has 2 aromatic rings.